The van der Waals surface area contributed by atoms with Crippen molar-refractivity contribution in [3.05, 3.63) is 18.6 Å². The van der Waals surface area contributed by atoms with Crippen LogP contribution in [0.3, 0.4) is 0 Å². The molecule has 0 spiro atoms. The summed E-state index contributed by atoms with van der Waals surface area (Å²) in [7, 11) is 0. The Labute approximate surface area is 97.2 Å². The van der Waals surface area contributed by atoms with Gasteiger partial charge in [-0.15, -0.1) is 6.58 Å². The summed E-state index contributed by atoms with van der Waals surface area (Å²) < 4.78 is 0. The Balaban J connectivity index is 3.07. The molecule has 0 rings (SSSR count). The lowest BCUT2D eigenvalue weighted by Gasteiger charge is -2.07. The highest BCUT2D eigenvalue weighted by Gasteiger charge is 2.00. The van der Waals surface area contributed by atoms with Gasteiger partial charge in [0, 0.05) is 0 Å². The molecule has 0 aromatic carbocycles. The zero-order chi connectivity index (χ0) is 11.4. The number of unbranched alkanes of at least 4 members (excludes halogenated alkanes) is 7. The van der Waals surface area contributed by atoms with Crippen molar-refractivity contribution in [3.63, 3.8) is 0 Å². The van der Waals surface area contributed by atoms with Crippen LogP contribution in [0.1, 0.15) is 78.1 Å². The fourth-order valence-corrected chi connectivity index (χ4v) is 1.91. The topological polar surface area (TPSA) is 0 Å². The second-order valence-corrected chi connectivity index (χ2v) is 4.44. The van der Waals surface area contributed by atoms with E-state index < -0.39 is 0 Å². The predicted octanol–water partition coefficient (Wildman–Crippen LogP) is 5.69. The van der Waals surface area contributed by atoms with Gasteiger partial charge in [-0.2, -0.15) is 0 Å². The molecular weight excluding hydrogens is 180 g/mol. The molecule has 0 aromatic heterocycles. The molecule has 0 aromatic rings. The van der Waals surface area contributed by atoms with Gasteiger partial charge in [-0.05, 0) is 18.8 Å². The smallest absolute Gasteiger partial charge is 0.00328 e. The quantitative estimate of drug-likeness (QED) is 0.384. The molecule has 0 bridgehead atoms. The number of hydrogen-bond donors (Lipinski definition) is 0. The molecule has 0 aliphatic heterocycles. The first-order valence-electron chi connectivity index (χ1n) is 6.82. The van der Waals surface area contributed by atoms with E-state index in [0.717, 1.165) is 0 Å². The van der Waals surface area contributed by atoms with Crippen LogP contribution in [0.15, 0.2) is 12.7 Å². The number of rotatable bonds is 11. The van der Waals surface area contributed by atoms with E-state index in [1.807, 2.05) is 6.08 Å². The van der Waals surface area contributed by atoms with E-state index in [1.165, 1.54) is 70.1 Å². The standard InChI is InChI=1S/C15H29/c1-4-7-8-9-10-11-12-13-14-15(5-2)6-3/h5H,2,4,6-14H2,1,3H3. The third-order valence-corrected chi connectivity index (χ3v) is 3.09. The van der Waals surface area contributed by atoms with E-state index >= 15 is 0 Å². The fourth-order valence-electron chi connectivity index (χ4n) is 1.91. The summed E-state index contributed by atoms with van der Waals surface area (Å²) >= 11 is 0. The summed E-state index contributed by atoms with van der Waals surface area (Å²) in [5.41, 5.74) is 0. The molecular formula is C15H29. The fraction of sp³-hybridized carbons (Fsp3) is 0.800. The second-order valence-electron chi connectivity index (χ2n) is 4.44. The molecule has 0 N–H and O–H groups in total. The predicted molar refractivity (Wildman–Crippen MR) is 71.0 cm³/mol. The van der Waals surface area contributed by atoms with Crippen LogP contribution in [0.25, 0.3) is 0 Å². The van der Waals surface area contributed by atoms with Crippen molar-refractivity contribution in [1.29, 1.82) is 0 Å². The Bertz CT molecular complexity index is 126. The summed E-state index contributed by atoms with van der Waals surface area (Å²) in [5, 5.41) is 0. The lowest BCUT2D eigenvalue weighted by atomic mass is 9.98. The van der Waals surface area contributed by atoms with E-state index in [0.29, 0.717) is 0 Å². The van der Waals surface area contributed by atoms with Crippen LogP contribution in [-0.4, -0.2) is 0 Å². The van der Waals surface area contributed by atoms with Crippen molar-refractivity contribution in [2.45, 2.75) is 78.1 Å². The maximum atomic E-state index is 3.84. The minimum absolute atomic E-state index is 1.18. The Hall–Kier alpha value is -0.260. The van der Waals surface area contributed by atoms with Gasteiger partial charge in [0.05, 0.1) is 0 Å². The Morgan fingerprint density at radius 1 is 0.867 bits per heavy atom. The van der Waals surface area contributed by atoms with Crippen LogP contribution in [0.5, 0.6) is 0 Å². The van der Waals surface area contributed by atoms with Gasteiger partial charge < -0.3 is 0 Å². The van der Waals surface area contributed by atoms with Gasteiger partial charge in [0.2, 0.25) is 0 Å². The molecule has 15 heavy (non-hydrogen) atoms. The second kappa shape index (κ2) is 11.8. The summed E-state index contributed by atoms with van der Waals surface area (Å²) in [6.45, 7) is 8.34. The van der Waals surface area contributed by atoms with Crippen LogP contribution in [0.2, 0.25) is 0 Å². The molecule has 0 unspecified atom stereocenters. The van der Waals surface area contributed by atoms with Gasteiger partial charge in [-0.25, -0.2) is 0 Å². The van der Waals surface area contributed by atoms with Crippen molar-refractivity contribution < 1.29 is 0 Å². The SMILES string of the molecule is C=C[C](CC)CCCCCCCCCC. The van der Waals surface area contributed by atoms with Crippen LogP contribution in [-0.2, 0) is 0 Å². The monoisotopic (exact) mass is 209 g/mol. The van der Waals surface area contributed by atoms with Gasteiger partial charge in [-0.3, -0.25) is 0 Å². The highest BCUT2D eigenvalue weighted by Crippen LogP contribution is 2.17. The van der Waals surface area contributed by atoms with Gasteiger partial charge >= 0.3 is 0 Å². The normalized spacial score (nSPS) is 10.9. The van der Waals surface area contributed by atoms with Crippen LogP contribution in [0, 0.1) is 5.92 Å². The van der Waals surface area contributed by atoms with Crippen molar-refractivity contribution in [2.75, 3.05) is 0 Å². The molecule has 0 heterocycles. The molecule has 0 saturated heterocycles. The highest BCUT2D eigenvalue weighted by atomic mass is 14.1. The van der Waals surface area contributed by atoms with Crippen molar-refractivity contribution in [1.82, 2.24) is 0 Å². The molecule has 0 aliphatic rings. The largest absolute Gasteiger partial charge is 0.102 e. The first kappa shape index (κ1) is 14.7. The molecule has 89 valence electrons. The summed E-state index contributed by atoms with van der Waals surface area (Å²) in [4.78, 5) is 0. The number of hydrogen-bond acceptors (Lipinski definition) is 0. The minimum atomic E-state index is 1.18. The van der Waals surface area contributed by atoms with Crippen LogP contribution < -0.4 is 0 Å². The van der Waals surface area contributed by atoms with E-state index in [-0.39, 0.29) is 0 Å². The van der Waals surface area contributed by atoms with E-state index in [4.69, 9.17) is 0 Å². The molecule has 1 radical (unpaired) electrons. The minimum Gasteiger partial charge on any atom is -0.102 e. The Kier molecular flexibility index (Phi) is 11.6. The van der Waals surface area contributed by atoms with Gasteiger partial charge in [-0.1, -0.05) is 71.3 Å². The zero-order valence-electron chi connectivity index (χ0n) is 10.9. The van der Waals surface area contributed by atoms with E-state index in [2.05, 4.69) is 20.4 Å². The third-order valence-electron chi connectivity index (χ3n) is 3.09. The lowest BCUT2D eigenvalue weighted by molar-refractivity contribution is 0.567. The summed E-state index contributed by atoms with van der Waals surface area (Å²) in [6.07, 6.45) is 15.8. The first-order valence-corrected chi connectivity index (χ1v) is 6.82. The average Bonchev–Trinajstić information content (AvgIpc) is 2.27. The lowest BCUT2D eigenvalue weighted by Crippen LogP contribution is -1.90. The van der Waals surface area contributed by atoms with Crippen molar-refractivity contribution in [3.8, 4) is 0 Å². The van der Waals surface area contributed by atoms with Gasteiger partial charge in [0.25, 0.3) is 0 Å². The first-order chi connectivity index (χ1) is 7.35. The van der Waals surface area contributed by atoms with Crippen LogP contribution >= 0.6 is 0 Å². The highest BCUT2D eigenvalue weighted by molar-refractivity contribution is 5.04. The van der Waals surface area contributed by atoms with Crippen LogP contribution in [0.4, 0.5) is 0 Å². The molecule has 0 atom stereocenters. The van der Waals surface area contributed by atoms with E-state index in [9.17, 15) is 0 Å². The summed E-state index contributed by atoms with van der Waals surface area (Å²) in [5.74, 6) is 1.53. The molecule has 0 heteroatoms. The van der Waals surface area contributed by atoms with Gasteiger partial charge in [0.1, 0.15) is 0 Å². The Morgan fingerprint density at radius 3 is 1.87 bits per heavy atom. The van der Waals surface area contributed by atoms with Crippen molar-refractivity contribution >= 4 is 0 Å². The maximum absolute atomic E-state index is 3.84. The molecule has 0 saturated carbocycles. The molecule has 0 amide bonds. The zero-order valence-corrected chi connectivity index (χ0v) is 10.9. The van der Waals surface area contributed by atoms with Gasteiger partial charge in [0.15, 0.2) is 0 Å². The van der Waals surface area contributed by atoms with Crippen molar-refractivity contribution in [2.24, 2.45) is 0 Å². The summed E-state index contributed by atoms with van der Waals surface area (Å²) in [6, 6.07) is 0. The third kappa shape index (κ3) is 10.0. The number of allylic oxidation sites excluding steroid dienone is 1. The maximum Gasteiger partial charge on any atom is -0.00328 e. The Morgan fingerprint density at radius 2 is 1.40 bits per heavy atom. The molecule has 0 nitrogen and oxygen atoms in total. The molecule has 0 fully saturated rings. The van der Waals surface area contributed by atoms with E-state index in [1.54, 1.807) is 0 Å². The molecule has 0 aliphatic carbocycles. The average molecular weight is 209 g/mol.